The second-order valence-corrected chi connectivity index (χ2v) is 4.53. The van der Waals surface area contributed by atoms with Crippen molar-refractivity contribution in [3.8, 4) is 0 Å². The van der Waals surface area contributed by atoms with Crippen LogP contribution in [0.1, 0.15) is 35.8 Å². The van der Waals surface area contributed by atoms with Crippen molar-refractivity contribution in [3.63, 3.8) is 0 Å². The number of halogens is 1. The summed E-state index contributed by atoms with van der Waals surface area (Å²) in [6, 6.07) is 14.3. The molecule has 2 aromatic carbocycles. The molecule has 98 valence electrons. The molecule has 1 atom stereocenters. The monoisotopic (exact) mass is 257 g/mol. The fourth-order valence-corrected chi connectivity index (χ4v) is 1.91. The Labute approximate surface area is 112 Å². The van der Waals surface area contributed by atoms with E-state index in [0.717, 1.165) is 5.56 Å². The Balaban J connectivity index is 2.18. The lowest BCUT2D eigenvalue weighted by Crippen LogP contribution is -2.08. The largest absolute Gasteiger partial charge is 0.376 e. The maximum Gasteiger partial charge on any atom is 0.159 e. The summed E-state index contributed by atoms with van der Waals surface area (Å²) in [5, 5.41) is 3.11. The van der Waals surface area contributed by atoms with Gasteiger partial charge in [-0.2, -0.15) is 0 Å². The Morgan fingerprint density at radius 1 is 1.16 bits per heavy atom. The SMILES string of the molecule is CC(=O)c1ccc(NC(C)c2ccccc2)c(F)c1. The Bertz CT molecular complexity index is 581. The Kier molecular flexibility index (Phi) is 3.95. The summed E-state index contributed by atoms with van der Waals surface area (Å²) in [5.41, 5.74) is 1.87. The van der Waals surface area contributed by atoms with Crippen molar-refractivity contribution in [1.82, 2.24) is 0 Å². The summed E-state index contributed by atoms with van der Waals surface area (Å²) < 4.78 is 13.9. The second kappa shape index (κ2) is 5.65. The van der Waals surface area contributed by atoms with Crippen molar-refractivity contribution in [3.05, 3.63) is 65.5 Å². The molecule has 1 unspecified atom stereocenters. The van der Waals surface area contributed by atoms with Crippen LogP contribution in [0.25, 0.3) is 0 Å². The molecule has 0 saturated heterocycles. The lowest BCUT2D eigenvalue weighted by molar-refractivity contribution is 0.101. The first-order valence-electron chi connectivity index (χ1n) is 6.20. The lowest BCUT2D eigenvalue weighted by Gasteiger charge is -2.16. The number of carbonyl (C=O) groups excluding carboxylic acids is 1. The highest BCUT2D eigenvalue weighted by Crippen LogP contribution is 2.22. The summed E-state index contributed by atoms with van der Waals surface area (Å²) in [7, 11) is 0. The Morgan fingerprint density at radius 3 is 2.42 bits per heavy atom. The zero-order chi connectivity index (χ0) is 13.8. The van der Waals surface area contributed by atoms with Crippen LogP contribution in [0, 0.1) is 5.82 Å². The van der Waals surface area contributed by atoms with Crippen molar-refractivity contribution in [1.29, 1.82) is 0 Å². The minimum Gasteiger partial charge on any atom is -0.376 e. The van der Waals surface area contributed by atoms with Gasteiger partial charge in [0, 0.05) is 11.6 Å². The van der Waals surface area contributed by atoms with Gasteiger partial charge in [-0.25, -0.2) is 4.39 Å². The van der Waals surface area contributed by atoms with Crippen molar-refractivity contribution in [2.24, 2.45) is 0 Å². The van der Waals surface area contributed by atoms with Crippen LogP contribution in [0.2, 0.25) is 0 Å². The van der Waals surface area contributed by atoms with E-state index in [1.165, 1.54) is 13.0 Å². The zero-order valence-electron chi connectivity index (χ0n) is 11.0. The average Bonchev–Trinajstić information content (AvgIpc) is 2.41. The number of benzene rings is 2. The third kappa shape index (κ3) is 3.19. The molecule has 0 amide bonds. The molecule has 0 aliphatic carbocycles. The number of hydrogen-bond donors (Lipinski definition) is 1. The maximum atomic E-state index is 13.9. The van der Waals surface area contributed by atoms with Crippen molar-refractivity contribution >= 4 is 11.5 Å². The zero-order valence-corrected chi connectivity index (χ0v) is 11.0. The highest BCUT2D eigenvalue weighted by atomic mass is 19.1. The highest BCUT2D eigenvalue weighted by molar-refractivity contribution is 5.94. The van der Waals surface area contributed by atoms with Gasteiger partial charge in [-0.1, -0.05) is 30.3 Å². The maximum absolute atomic E-state index is 13.9. The third-order valence-corrected chi connectivity index (χ3v) is 3.05. The molecule has 19 heavy (non-hydrogen) atoms. The highest BCUT2D eigenvalue weighted by Gasteiger charge is 2.10. The number of nitrogens with one attached hydrogen (secondary N) is 1. The van der Waals surface area contributed by atoms with Crippen molar-refractivity contribution < 1.29 is 9.18 Å². The van der Waals surface area contributed by atoms with Gasteiger partial charge in [-0.05, 0) is 37.6 Å². The van der Waals surface area contributed by atoms with Crippen LogP contribution in [0.4, 0.5) is 10.1 Å². The topological polar surface area (TPSA) is 29.1 Å². The summed E-state index contributed by atoms with van der Waals surface area (Å²) in [4.78, 5) is 11.2. The molecule has 0 aliphatic heterocycles. The predicted octanol–water partition coefficient (Wildman–Crippen LogP) is 4.20. The Hall–Kier alpha value is -2.16. The van der Waals surface area contributed by atoms with Gasteiger partial charge >= 0.3 is 0 Å². The fourth-order valence-electron chi connectivity index (χ4n) is 1.91. The van der Waals surface area contributed by atoms with E-state index in [-0.39, 0.29) is 11.8 Å². The Morgan fingerprint density at radius 2 is 1.84 bits per heavy atom. The number of rotatable bonds is 4. The van der Waals surface area contributed by atoms with E-state index in [2.05, 4.69) is 5.32 Å². The summed E-state index contributed by atoms with van der Waals surface area (Å²) in [6.07, 6.45) is 0. The van der Waals surface area contributed by atoms with Gasteiger partial charge in [0.2, 0.25) is 0 Å². The molecule has 0 saturated carbocycles. The van der Waals surface area contributed by atoms with Gasteiger partial charge in [-0.3, -0.25) is 4.79 Å². The molecule has 2 aromatic rings. The lowest BCUT2D eigenvalue weighted by atomic mass is 10.1. The normalized spacial score (nSPS) is 11.9. The minimum absolute atomic E-state index is 0.00104. The van der Waals surface area contributed by atoms with Crippen LogP contribution in [-0.2, 0) is 0 Å². The van der Waals surface area contributed by atoms with Gasteiger partial charge in [0.25, 0.3) is 0 Å². The molecule has 3 heteroatoms. The van der Waals surface area contributed by atoms with E-state index < -0.39 is 5.82 Å². The quantitative estimate of drug-likeness (QED) is 0.832. The van der Waals surface area contributed by atoms with Crippen LogP contribution in [0.5, 0.6) is 0 Å². The first-order chi connectivity index (χ1) is 9.08. The summed E-state index contributed by atoms with van der Waals surface area (Å²) in [6.45, 7) is 3.39. The molecule has 0 spiro atoms. The van der Waals surface area contributed by atoms with Gasteiger partial charge in [-0.15, -0.1) is 0 Å². The van der Waals surface area contributed by atoms with Crippen molar-refractivity contribution in [2.75, 3.05) is 5.32 Å². The summed E-state index contributed by atoms with van der Waals surface area (Å²) in [5.74, 6) is -0.544. The van der Waals surface area contributed by atoms with Crippen LogP contribution in [0.15, 0.2) is 48.5 Å². The van der Waals surface area contributed by atoms with E-state index in [4.69, 9.17) is 0 Å². The first-order valence-corrected chi connectivity index (χ1v) is 6.20. The standard InChI is InChI=1S/C16H16FNO/c1-11(13-6-4-3-5-7-13)18-16-9-8-14(12(2)19)10-15(16)17/h3-11,18H,1-2H3. The van der Waals surface area contributed by atoms with Crippen LogP contribution in [0.3, 0.4) is 0 Å². The molecule has 0 bridgehead atoms. The average molecular weight is 257 g/mol. The molecular formula is C16H16FNO. The number of carbonyl (C=O) groups is 1. The first kappa shape index (κ1) is 13.3. The van der Waals surface area contributed by atoms with E-state index >= 15 is 0 Å². The number of Topliss-reactive ketones (excluding diaryl/α,β-unsaturated/α-hetero) is 1. The molecular weight excluding hydrogens is 241 g/mol. The second-order valence-electron chi connectivity index (χ2n) is 4.53. The molecule has 0 radical (unpaired) electrons. The molecule has 0 aromatic heterocycles. The van der Waals surface area contributed by atoms with E-state index in [1.807, 2.05) is 37.3 Å². The van der Waals surface area contributed by atoms with E-state index in [0.29, 0.717) is 11.3 Å². The molecule has 2 rings (SSSR count). The number of hydrogen-bond acceptors (Lipinski definition) is 2. The molecule has 0 heterocycles. The van der Waals surface area contributed by atoms with Crippen LogP contribution < -0.4 is 5.32 Å². The summed E-state index contributed by atoms with van der Waals surface area (Å²) >= 11 is 0. The van der Waals surface area contributed by atoms with Crippen molar-refractivity contribution in [2.45, 2.75) is 19.9 Å². The molecule has 2 nitrogen and oxygen atoms in total. The fraction of sp³-hybridized carbons (Fsp3) is 0.188. The van der Waals surface area contributed by atoms with Gasteiger partial charge in [0.1, 0.15) is 5.82 Å². The van der Waals surface area contributed by atoms with Crippen LogP contribution in [-0.4, -0.2) is 5.78 Å². The van der Waals surface area contributed by atoms with E-state index in [9.17, 15) is 9.18 Å². The predicted molar refractivity (Wildman–Crippen MR) is 74.9 cm³/mol. The van der Waals surface area contributed by atoms with Crippen LogP contribution >= 0.6 is 0 Å². The molecule has 0 aliphatic rings. The number of anilines is 1. The van der Waals surface area contributed by atoms with Gasteiger partial charge < -0.3 is 5.32 Å². The third-order valence-electron chi connectivity index (χ3n) is 3.05. The van der Waals surface area contributed by atoms with Gasteiger partial charge in [0.15, 0.2) is 5.78 Å². The smallest absolute Gasteiger partial charge is 0.159 e. The minimum atomic E-state index is -0.407. The van der Waals surface area contributed by atoms with E-state index in [1.54, 1.807) is 12.1 Å². The molecule has 0 fully saturated rings. The number of ketones is 1. The molecule has 1 N–H and O–H groups in total. The van der Waals surface area contributed by atoms with Gasteiger partial charge in [0.05, 0.1) is 5.69 Å².